The van der Waals surface area contributed by atoms with Crippen molar-refractivity contribution in [2.45, 2.75) is 26.8 Å². The molecule has 2 heterocycles. The highest BCUT2D eigenvalue weighted by molar-refractivity contribution is 5.94. The number of nitrogens with one attached hydrogen (secondary N) is 1. The second-order valence-electron chi connectivity index (χ2n) is 4.82. The van der Waals surface area contributed by atoms with E-state index in [1.54, 1.807) is 18.3 Å². The highest BCUT2D eigenvalue weighted by atomic mass is 16.5. The zero-order chi connectivity index (χ0) is 15.2. The van der Waals surface area contributed by atoms with Gasteiger partial charge < -0.3 is 10.1 Å². The van der Waals surface area contributed by atoms with Crippen molar-refractivity contribution < 1.29 is 9.53 Å². The average molecular weight is 288 g/mol. The molecule has 0 atom stereocenters. The smallest absolute Gasteiger partial charge is 0.341 e. The molecule has 6 nitrogen and oxygen atoms in total. The predicted octanol–water partition coefficient (Wildman–Crippen LogP) is 2.18. The molecule has 0 unspecified atom stereocenters. The quantitative estimate of drug-likeness (QED) is 0.652. The van der Waals surface area contributed by atoms with Gasteiger partial charge in [0.2, 0.25) is 0 Å². The van der Waals surface area contributed by atoms with Gasteiger partial charge in [-0.15, -0.1) is 0 Å². The Labute approximate surface area is 124 Å². The average Bonchev–Trinajstić information content (AvgIpc) is 2.81. The molecule has 0 aliphatic rings. The number of methoxy groups -OCH3 is 1. The van der Waals surface area contributed by atoms with Crippen LogP contribution in [0.1, 0.15) is 28.2 Å². The molecule has 112 valence electrons. The lowest BCUT2D eigenvalue weighted by Crippen LogP contribution is -2.13. The van der Waals surface area contributed by atoms with Gasteiger partial charge in [0.15, 0.2) is 0 Å². The summed E-state index contributed by atoms with van der Waals surface area (Å²) in [5, 5.41) is 7.58. The normalized spacial score (nSPS) is 10.4. The van der Waals surface area contributed by atoms with Crippen molar-refractivity contribution >= 4 is 11.8 Å². The number of nitrogens with zero attached hydrogens (tertiary/aromatic N) is 3. The summed E-state index contributed by atoms with van der Waals surface area (Å²) in [6.45, 7) is 5.56. The van der Waals surface area contributed by atoms with Crippen LogP contribution in [-0.4, -0.2) is 34.4 Å². The molecular formula is C15H20N4O2. The van der Waals surface area contributed by atoms with E-state index in [1.807, 2.05) is 18.5 Å². The zero-order valence-electron chi connectivity index (χ0n) is 12.6. The van der Waals surface area contributed by atoms with E-state index in [0.29, 0.717) is 17.9 Å². The number of pyridine rings is 1. The van der Waals surface area contributed by atoms with Gasteiger partial charge >= 0.3 is 5.97 Å². The number of rotatable bonds is 6. The van der Waals surface area contributed by atoms with Crippen LogP contribution in [-0.2, 0) is 11.3 Å². The van der Waals surface area contributed by atoms with Crippen molar-refractivity contribution in [1.29, 1.82) is 0 Å². The van der Waals surface area contributed by atoms with E-state index in [0.717, 1.165) is 24.4 Å². The summed E-state index contributed by atoms with van der Waals surface area (Å²) >= 11 is 0. The fourth-order valence-electron chi connectivity index (χ4n) is 2.16. The molecule has 0 aliphatic carbocycles. The summed E-state index contributed by atoms with van der Waals surface area (Å²) < 4.78 is 6.72. The van der Waals surface area contributed by atoms with Gasteiger partial charge in [-0.2, -0.15) is 5.10 Å². The maximum atomic E-state index is 11.6. The molecule has 0 aromatic carbocycles. The van der Waals surface area contributed by atoms with Crippen LogP contribution in [0, 0.1) is 13.8 Å². The minimum Gasteiger partial charge on any atom is -0.465 e. The Kier molecular flexibility index (Phi) is 4.92. The number of hydrogen-bond acceptors (Lipinski definition) is 5. The molecule has 0 aliphatic heterocycles. The van der Waals surface area contributed by atoms with E-state index in [-0.39, 0.29) is 5.97 Å². The number of hydrogen-bond donors (Lipinski definition) is 1. The molecule has 1 N–H and O–H groups in total. The Morgan fingerprint density at radius 3 is 2.90 bits per heavy atom. The van der Waals surface area contributed by atoms with Crippen LogP contribution in [0.4, 0.5) is 5.82 Å². The molecular weight excluding hydrogens is 268 g/mol. The molecule has 6 heteroatoms. The number of carbonyl (C=O) groups excluding carboxylic acids is 1. The van der Waals surface area contributed by atoms with E-state index in [1.165, 1.54) is 7.11 Å². The van der Waals surface area contributed by atoms with Crippen LogP contribution in [0.5, 0.6) is 0 Å². The zero-order valence-corrected chi connectivity index (χ0v) is 12.6. The minimum absolute atomic E-state index is 0.385. The van der Waals surface area contributed by atoms with Crippen molar-refractivity contribution in [1.82, 2.24) is 14.8 Å². The standard InChI is InChI=1S/C15H20N4O2/c1-11-10-12(2)19(18-11)9-5-8-17-14-13(15(20)21-3)6-4-7-16-14/h4,6-7,10H,5,8-9H2,1-3H3,(H,16,17). The van der Waals surface area contributed by atoms with Gasteiger partial charge in [-0.05, 0) is 38.5 Å². The van der Waals surface area contributed by atoms with Crippen LogP contribution in [0.2, 0.25) is 0 Å². The fourth-order valence-corrected chi connectivity index (χ4v) is 2.16. The second kappa shape index (κ2) is 6.88. The summed E-state index contributed by atoms with van der Waals surface area (Å²) in [5.41, 5.74) is 2.63. The minimum atomic E-state index is -0.385. The molecule has 21 heavy (non-hydrogen) atoms. The highest BCUT2D eigenvalue weighted by Gasteiger charge is 2.11. The maximum absolute atomic E-state index is 11.6. The predicted molar refractivity (Wildman–Crippen MR) is 80.4 cm³/mol. The largest absolute Gasteiger partial charge is 0.465 e. The first-order valence-electron chi connectivity index (χ1n) is 6.90. The number of anilines is 1. The van der Waals surface area contributed by atoms with Gasteiger partial charge in [0.05, 0.1) is 12.8 Å². The Morgan fingerprint density at radius 2 is 2.24 bits per heavy atom. The summed E-state index contributed by atoms with van der Waals surface area (Å²) in [6.07, 6.45) is 2.54. The third-order valence-corrected chi connectivity index (χ3v) is 3.16. The molecule has 0 saturated carbocycles. The summed E-state index contributed by atoms with van der Waals surface area (Å²) in [5.74, 6) is 0.168. The van der Waals surface area contributed by atoms with E-state index in [9.17, 15) is 4.79 Å². The van der Waals surface area contributed by atoms with Gasteiger partial charge in [-0.3, -0.25) is 4.68 Å². The number of aryl methyl sites for hydroxylation is 3. The molecule has 0 spiro atoms. The van der Waals surface area contributed by atoms with Gasteiger partial charge in [-0.25, -0.2) is 9.78 Å². The van der Waals surface area contributed by atoms with E-state index >= 15 is 0 Å². The summed E-state index contributed by atoms with van der Waals surface area (Å²) in [7, 11) is 1.36. The maximum Gasteiger partial charge on any atom is 0.341 e. The molecule has 0 radical (unpaired) electrons. The van der Waals surface area contributed by atoms with Crippen LogP contribution in [0.15, 0.2) is 24.4 Å². The van der Waals surface area contributed by atoms with Crippen LogP contribution < -0.4 is 5.32 Å². The van der Waals surface area contributed by atoms with E-state index < -0.39 is 0 Å². The lowest BCUT2D eigenvalue weighted by Gasteiger charge is -2.10. The Balaban J connectivity index is 1.89. The fraction of sp³-hybridized carbons (Fsp3) is 0.400. The number of esters is 1. The molecule has 0 saturated heterocycles. The Hall–Kier alpha value is -2.37. The van der Waals surface area contributed by atoms with Crippen molar-refractivity contribution in [3.63, 3.8) is 0 Å². The molecule has 0 fully saturated rings. The molecule has 2 rings (SSSR count). The first kappa shape index (κ1) is 15.0. The lowest BCUT2D eigenvalue weighted by molar-refractivity contribution is 0.0601. The Morgan fingerprint density at radius 1 is 1.43 bits per heavy atom. The van der Waals surface area contributed by atoms with Crippen molar-refractivity contribution in [2.75, 3.05) is 19.0 Å². The van der Waals surface area contributed by atoms with Gasteiger partial charge in [-0.1, -0.05) is 0 Å². The number of carbonyl (C=O) groups is 1. The van der Waals surface area contributed by atoms with Crippen molar-refractivity contribution in [3.05, 3.63) is 41.3 Å². The second-order valence-corrected chi connectivity index (χ2v) is 4.82. The molecule has 0 bridgehead atoms. The number of aromatic nitrogens is 3. The SMILES string of the molecule is COC(=O)c1cccnc1NCCCn1nc(C)cc1C. The first-order valence-corrected chi connectivity index (χ1v) is 6.90. The van der Waals surface area contributed by atoms with E-state index in [4.69, 9.17) is 4.74 Å². The summed E-state index contributed by atoms with van der Waals surface area (Å²) in [4.78, 5) is 15.8. The topological polar surface area (TPSA) is 69.0 Å². The molecule has 2 aromatic rings. The van der Waals surface area contributed by atoms with E-state index in [2.05, 4.69) is 21.5 Å². The van der Waals surface area contributed by atoms with Crippen LogP contribution >= 0.6 is 0 Å². The van der Waals surface area contributed by atoms with Crippen LogP contribution in [0.25, 0.3) is 0 Å². The van der Waals surface area contributed by atoms with Crippen LogP contribution in [0.3, 0.4) is 0 Å². The first-order chi connectivity index (χ1) is 10.1. The van der Waals surface area contributed by atoms with Gasteiger partial charge in [0.25, 0.3) is 0 Å². The third kappa shape index (κ3) is 3.81. The monoisotopic (exact) mass is 288 g/mol. The number of ether oxygens (including phenoxy) is 1. The third-order valence-electron chi connectivity index (χ3n) is 3.16. The van der Waals surface area contributed by atoms with Crippen molar-refractivity contribution in [2.24, 2.45) is 0 Å². The Bertz CT molecular complexity index is 622. The molecule has 2 aromatic heterocycles. The van der Waals surface area contributed by atoms with Gasteiger partial charge in [0, 0.05) is 25.0 Å². The highest BCUT2D eigenvalue weighted by Crippen LogP contribution is 2.12. The molecule has 0 amide bonds. The van der Waals surface area contributed by atoms with Crippen molar-refractivity contribution in [3.8, 4) is 0 Å². The lowest BCUT2D eigenvalue weighted by atomic mass is 10.2. The summed E-state index contributed by atoms with van der Waals surface area (Å²) in [6, 6.07) is 5.47. The van der Waals surface area contributed by atoms with Gasteiger partial charge in [0.1, 0.15) is 11.4 Å².